The van der Waals surface area contributed by atoms with Gasteiger partial charge in [-0.25, -0.2) is 9.59 Å². The zero-order chi connectivity index (χ0) is 41.2. The van der Waals surface area contributed by atoms with E-state index in [1.54, 1.807) is 0 Å². The lowest BCUT2D eigenvalue weighted by atomic mass is 9.96. The van der Waals surface area contributed by atoms with Crippen molar-refractivity contribution >= 4 is 35.7 Å². The lowest BCUT2D eigenvalue weighted by Gasteiger charge is -2.35. The molecule has 2 rings (SSSR count). The van der Waals surface area contributed by atoms with Crippen LogP contribution in [0.1, 0.15) is 92.2 Å². The molecule has 0 saturated carbocycles. The zero-order valence-corrected chi connectivity index (χ0v) is 34.4. The number of nitrogens with zero attached hydrogens (tertiary/aromatic N) is 3. The van der Waals surface area contributed by atoms with E-state index in [0.29, 0.717) is 12.8 Å². The molecule has 2 aromatic rings. The molecule has 0 spiro atoms. The molecule has 0 aliphatic rings. The van der Waals surface area contributed by atoms with E-state index in [-0.39, 0.29) is 49.5 Å². The van der Waals surface area contributed by atoms with Crippen LogP contribution in [0.15, 0.2) is 65.7 Å². The number of benzene rings is 2. The highest BCUT2D eigenvalue weighted by atomic mass is 16.5. The van der Waals surface area contributed by atoms with Crippen molar-refractivity contribution in [1.29, 1.82) is 0 Å². The first-order valence-electron chi connectivity index (χ1n) is 19.4. The quantitative estimate of drug-likeness (QED) is 0.0915. The summed E-state index contributed by atoms with van der Waals surface area (Å²) in [5, 5.41) is 5.79. The predicted molar refractivity (Wildman–Crippen MR) is 213 cm³/mol. The minimum absolute atomic E-state index is 0.00524. The fourth-order valence-corrected chi connectivity index (χ4v) is 6.40. The molecule has 2 aromatic carbocycles. The molecule has 2 N–H and O–H groups in total. The van der Waals surface area contributed by atoms with E-state index in [9.17, 15) is 28.8 Å². The fourth-order valence-electron chi connectivity index (χ4n) is 6.40. The van der Waals surface area contributed by atoms with Gasteiger partial charge in [-0.05, 0) is 60.5 Å². The smallest absolute Gasteiger partial charge is 0.328 e. The predicted octanol–water partition coefficient (Wildman–Crippen LogP) is 5.48. The van der Waals surface area contributed by atoms with Crippen molar-refractivity contribution in [3.05, 3.63) is 71.8 Å². The van der Waals surface area contributed by atoms with Gasteiger partial charge < -0.3 is 25.2 Å². The second-order valence-corrected chi connectivity index (χ2v) is 16.1. The van der Waals surface area contributed by atoms with Gasteiger partial charge in [0, 0.05) is 20.5 Å². The summed E-state index contributed by atoms with van der Waals surface area (Å²) in [5.74, 6) is -2.55. The number of amides is 4. The van der Waals surface area contributed by atoms with Crippen LogP contribution in [0.2, 0.25) is 0 Å². The summed E-state index contributed by atoms with van der Waals surface area (Å²) >= 11 is 0. The van der Waals surface area contributed by atoms with Gasteiger partial charge in [-0.2, -0.15) is 4.99 Å². The molecule has 12 nitrogen and oxygen atoms in total. The summed E-state index contributed by atoms with van der Waals surface area (Å²) in [5.41, 5.74) is 1.61. The van der Waals surface area contributed by atoms with Gasteiger partial charge in [0.15, 0.2) is 0 Å². The monoisotopic (exact) mass is 761 g/mol. The average Bonchev–Trinajstić information content (AvgIpc) is 3.13. The molecule has 0 fully saturated rings. The molecule has 0 radical (unpaired) electrons. The van der Waals surface area contributed by atoms with Gasteiger partial charge in [0.25, 0.3) is 0 Å². The van der Waals surface area contributed by atoms with Crippen molar-refractivity contribution in [2.45, 2.75) is 124 Å². The van der Waals surface area contributed by atoms with Gasteiger partial charge in [0.1, 0.15) is 36.8 Å². The summed E-state index contributed by atoms with van der Waals surface area (Å²) in [4.78, 5) is 87.4. The van der Waals surface area contributed by atoms with Crippen molar-refractivity contribution < 1.29 is 33.5 Å². The van der Waals surface area contributed by atoms with Crippen LogP contribution in [0.25, 0.3) is 0 Å². The van der Waals surface area contributed by atoms with Crippen LogP contribution in [0.5, 0.6) is 0 Å². The third kappa shape index (κ3) is 15.8. The molecule has 0 saturated heterocycles. The van der Waals surface area contributed by atoms with E-state index >= 15 is 0 Å². The maximum absolute atomic E-state index is 14.3. The van der Waals surface area contributed by atoms with Crippen LogP contribution in [0.4, 0.5) is 0 Å². The van der Waals surface area contributed by atoms with Crippen LogP contribution in [-0.4, -0.2) is 89.8 Å². The van der Waals surface area contributed by atoms with Crippen molar-refractivity contribution in [2.24, 2.45) is 28.7 Å². The Bertz CT molecular complexity index is 1570. The van der Waals surface area contributed by atoms with E-state index in [1.165, 1.54) is 30.0 Å². The third-order valence-electron chi connectivity index (χ3n) is 9.24. The number of nitrogens with one attached hydrogen (secondary N) is 2. The fraction of sp³-hybridized carbons (Fsp3) is 0.581. The SMILES string of the molecule is CC(C)CC(NC(=O)C(CC(C)C)N(C)C(=O)C(CC(C)C)NC(=O)C(CC(C)C)N(C)C(=O)C(Cc1ccccc1)N=C=O)C(=O)OCc1ccccc1. The number of hydrogen-bond donors (Lipinski definition) is 2. The van der Waals surface area contributed by atoms with Crippen LogP contribution in [0, 0.1) is 23.7 Å². The zero-order valence-electron chi connectivity index (χ0n) is 34.4. The maximum atomic E-state index is 14.3. The first-order valence-corrected chi connectivity index (χ1v) is 19.4. The van der Waals surface area contributed by atoms with E-state index in [0.717, 1.165) is 11.1 Å². The molecule has 5 unspecified atom stereocenters. The molecule has 5 atom stereocenters. The number of hydrogen-bond acceptors (Lipinski definition) is 8. The Hall–Kier alpha value is -4.83. The summed E-state index contributed by atoms with van der Waals surface area (Å²) in [7, 11) is 3.03. The summed E-state index contributed by atoms with van der Waals surface area (Å²) in [6.45, 7) is 15.5. The Balaban J connectivity index is 2.35. The third-order valence-corrected chi connectivity index (χ3v) is 9.24. The standard InChI is InChI=1S/C43H63N5O7/c1-28(2)21-35(45-39(50)37(23-30(5)6)47(9)41(52)34(44-27-49)25-32-17-13-11-14-18-32)42(53)48(10)38(24-31(7)8)40(51)46-36(22-29(3)4)43(54)55-26-33-19-15-12-16-20-33/h11-20,28-31,34-38H,21-26H2,1-10H3,(H,45,50)(H,46,51). The van der Waals surface area contributed by atoms with Crippen molar-refractivity contribution in [2.75, 3.05) is 14.1 Å². The lowest BCUT2D eigenvalue weighted by Crippen LogP contribution is -2.59. The Kier molecular flexibility index (Phi) is 19.5. The average molecular weight is 762 g/mol. The molecule has 12 heteroatoms. The topological polar surface area (TPSA) is 155 Å². The number of likely N-dealkylation sites (N-methyl/N-ethyl adjacent to an activating group) is 2. The van der Waals surface area contributed by atoms with Gasteiger partial charge in [-0.3, -0.25) is 19.2 Å². The molecule has 4 amide bonds. The molecule has 0 heterocycles. The molecular weight excluding hydrogens is 699 g/mol. The molecule has 302 valence electrons. The van der Waals surface area contributed by atoms with Crippen molar-refractivity contribution in [3.8, 4) is 0 Å². The summed E-state index contributed by atoms with van der Waals surface area (Å²) in [6.07, 6.45) is 2.85. The first-order chi connectivity index (χ1) is 25.9. The van der Waals surface area contributed by atoms with E-state index in [1.807, 2.05) is 116 Å². The largest absolute Gasteiger partial charge is 0.459 e. The van der Waals surface area contributed by atoms with Gasteiger partial charge >= 0.3 is 5.97 Å². The highest BCUT2D eigenvalue weighted by Gasteiger charge is 2.38. The first kappa shape index (κ1) is 46.3. The Morgan fingerprint density at radius 1 is 0.618 bits per heavy atom. The van der Waals surface area contributed by atoms with E-state index < -0.39 is 59.8 Å². The maximum Gasteiger partial charge on any atom is 0.328 e. The van der Waals surface area contributed by atoms with Crippen LogP contribution in [0.3, 0.4) is 0 Å². The van der Waals surface area contributed by atoms with Crippen molar-refractivity contribution in [3.63, 3.8) is 0 Å². The number of rotatable bonds is 22. The summed E-state index contributed by atoms with van der Waals surface area (Å²) in [6, 6.07) is 13.4. The second-order valence-electron chi connectivity index (χ2n) is 16.1. The molecule has 0 aliphatic carbocycles. The number of ether oxygens (including phenoxy) is 1. The molecular formula is C43H63N5O7. The summed E-state index contributed by atoms with van der Waals surface area (Å²) < 4.78 is 5.60. The normalized spacial score (nSPS) is 14.0. The number of aliphatic imine (C=N–C) groups is 1. The molecule has 0 aromatic heterocycles. The number of carbonyl (C=O) groups excluding carboxylic acids is 6. The van der Waals surface area contributed by atoms with Gasteiger partial charge in [0.05, 0.1) is 0 Å². The molecule has 0 bridgehead atoms. The van der Waals surface area contributed by atoms with Crippen LogP contribution >= 0.6 is 0 Å². The highest BCUT2D eigenvalue weighted by Crippen LogP contribution is 2.19. The van der Waals surface area contributed by atoms with Crippen LogP contribution in [-0.2, 0) is 46.5 Å². The number of carbonyl (C=O) groups is 5. The highest BCUT2D eigenvalue weighted by molar-refractivity contribution is 5.95. The van der Waals surface area contributed by atoms with Gasteiger partial charge in [-0.15, -0.1) is 0 Å². The lowest BCUT2D eigenvalue weighted by molar-refractivity contribution is -0.151. The van der Waals surface area contributed by atoms with Crippen LogP contribution < -0.4 is 10.6 Å². The second kappa shape index (κ2) is 23.2. The van der Waals surface area contributed by atoms with E-state index in [4.69, 9.17) is 4.74 Å². The molecule has 0 aliphatic heterocycles. The number of isocyanates is 1. The van der Waals surface area contributed by atoms with Gasteiger partial charge in [0.2, 0.25) is 29.7 Å². The number of esters is 1. The Morgan fingerprint density at radius 3 is 1.49 bits per heavy atom. The Morgan fingerprint density at radius 2 is 1.04 bits per heavy atom. The van der Waals surface area contributed by atoms with E-state index in [2.05, 4.69) is 15.6 Å². The Labute approximate surface area is 327 Å². The minimum atomic E-state index is -1.09. The van der Waals surface area contributed by atoms with Crippen molar-refractivity contribution in [1.82, 2.24) is 20.4 Å². The minimum Gasteiger partial charge on any atom is -0.459 e. The van der Waals surface area contributed by atoms with Gasteiger partial charge in [-0.1, -0.05) is 116 Å². The molecule has 55 heavy (non-hydrogen) atoms.